The average molecular weight is 430 g/mol. The second kappa shape index (κ2) is 10.9. The van der Waals surface area contributed by atoms with Crippen LogP contribution in [0.15, 0.2) is 35.3 Å². The number of halogens is 1. The minimum atomic E-state index is 0. The molecule has 1 aromatic rings. The van der Waals surface area contributed by atoms with Crippen molar-refractivity contribution in [3.8, 4) is 0 Å². The molecule has 0 heterocycles. The summed E-state index contributed by atoms with van der Waals surface area (Å²) in [5, 5.41) is 6.93. The van der Waals surface area contributed by atoms with Gasteiger partial charge in [0.25, 0.3) is 0 Å². The van der Waals surface area contributed by atoms with Gasteiger partial charge in [0, 0.05) is 20.1 Å². The van der Waals surface area contributed by atoms with Gasteiger partial charge >= 0.3 is 0 Å². The molecular weight excluding hydrogens is 399 g/mol. The smallest absolute Gasteiger partial charge is 0.191 e. The molecule has 1 aliphatic carbocycles. The number of benzene rings is 1. The van der Waals surface area contributed by atoms with Crippen molar-refractivity contribution in [1.29, 1.82) is 0 Å². The highest BCUT2D eigenvalue weighted by atomic mass is 127. The molecule has 1 fully saturated rings. The van der Waals surface area contributed by atoms with Gasteiger partial charge in [0.05, 0.1) is 6.04 Å². The van der Waals surface area contributed by atoms with E-state index < -0.39 is 0 Å². The van der Waals surface area contributed by atoms with Crippen LogP contribution in [-0.4, -0.2) is 44.1 Å². The van der Waals surface area contributed by atoms with Gasteiger partial charge in [0.2, 0.25) is 0 Å². The Morgan fingerprint density at radius 2 is 1.83 bits per heavy atom. The summed E-state index contributed by atoms with van der Waals surface area (Å²) < 4.78 is 0. The predicted octanol–water partition coefficient (Wildman–Crippen LogP) is 3.26. The summed E-state index contributed by atoms with van der Waals surface area (Å²) in [4.78, 5) is 6.82. The standard InChI is InChI=1S/C18H30N4.HI/c1-4-22(5-2)17(16-9-7-6-8-10-16)14-21-18(19-3)20-13-15-11-12-15;/h6-10,15,17H,4-5,11-14H2,1-3H3,(H2,19,20,21);1H. The second-order valence-corrected chi connectivity index (χ2v) is 5.93. The number of rotatable bonds is 8. The van der Waals surface area contributed by atoms with E-state index in [1.54, 1.807) is 0 Å². The third-order valence-corrected chi connectivity index (χ3v) is 4.38. The SMILES string of the molecule is CCN(CC)C(CNC(=NC)NCC1CC1)c1ccccc1.I. The molecule has 0 bridgehead atoms. The highest BCUT2D eigenvalue weighted by Gasteiger charge is 2.22. The lowest BCUT2D eigenvalue weighted by atomic mass is 10.1. The molecule has 0 spiro atoms. The minimum absolute atomic E-state index is 0. The molecule has 1 aliphatic rings. The van der Waals surface area contributed by atoms with Crippen molar-refractivity contribution in [1.82, 2.24) is 15.5 Å². The van der Waals surface area contributed by atoms with E-state index >= 15 is 0 Å². The van der Waals surface area contributed by atoms with E-state index in [-0.39, 0.29) is 24.0 Å². The lowest BCUT2D eigenvalue weighted by molar-refractivity contribution is 0.219. The molecular formula is C18H31IN4. The van der Waals surface area contributed by atoms with Gasteiger partial charge < -0.3 is 10.6 Å². The quantitative estimate of drug-likeness (QED) is 0.378. The first-order valence-corrected chi connectivity index (χ1v) is 8.52. The van der Waals surface area contributed by atoms with Gasteiger partial charge in [0.1, 0.15) is 0 Å². The fourth-order valence-corrected chi connectivity index (χ4v) is 2.77. The van der Waals surface area contributed by atoms with Crippen LogP contribution in [0.4, 0.5) is 0 Å². The molecule has 2 N–H and O–H groups in total. The molecule has 23 heavy (non-hydrogen) atoms. The normalized spacial score (nSPS) is 15.9. The van der Waals surface area contributed by atoms with Gasteiger partial charge in [-0.15, -0.1) is 24.0 Å². The Hall–Kier alpha value is -0.820. The fraction of sp³-hybridized carbons (Fsp3) is 0.611. The van der Waals surface area contributed by atoms with Gasteiger partial charge in [0.15, 0.2) is 5.96 Å². The molecule has 0 amide bonds. The zero-order valence-corrected chi connectivity index (χ0v) is 16.9. The van der Waals surface area contributed by atoms with Crippen molar-refractivity contribution >= 4 is 29.9 Å². The van der Waals surface area contributed by atoms with Gasteiger partial charge in [-0.05, 0) is 37.4 Å². The summed E-state index contributed by atoms with van der Waals surface area (Å²) in [7, 11) is 1.84. The summed E-state index contributed by atoms with van der Waals surface area (Å²) in [6.45, 7) is 8.45. The van der Waals surface area contributed by atoms with Crippen LogP contribution in [0, 0.1) is 5.92 Å². The molecule has 0 aromatic heterocycles. The van der Waals surface area contributed by atoms with E-state index in [0.717, 1.165) is 38.1 Å². The molecule has 2 rings (SSSR count). The molecule has 4 nitrogen and oxygen atoms in total. The Morgan fingerprint density at radius 3 is 2.35 bits per heavy atom. The maximum absolute atomic E-state index is 4.34. The molecule has 130 valence electrons. The van der Waals surface area contributed by atoms with Gasteiger partial charge in [-0.2, -0.15) is 0 Å². The number of hydrogen-bond acceptors (Lipinski definition) is 2. The molecule has 0 aliphatic heterocycles. The second-order valence-electron chi connectivity index (χ2n) is 5.93. The van der Waals surface area contributed by atoms with Gasteiger partial charge in [-0.25, -0.2) is 0 Å². The van der Waals surface area contributed by atoms with Crippen LogP contribution in [0.2, 0.25) is 0 Å². The van der Waals surface area contributed by atoms with E-state index in [9.17, 15) is 0 Å². The van der Waals surface area contributed by atoms with E-state index in [0.29, 0.717) is 6.04 Å². The Bertz CT molecular complexity index is 455. The summed E-state index contributed by atoms with van der Waals surface area (Å²) in [6.07, 6.45) is 2.71. The van der Waals surface area contributed by atoms with Crippen LogP contribution in [0.5, 0.6) is 0 Å². The Labute approximate surface area is 158 Å². The molecule has 1 saturated carbocycles. The number of nitrogens with zero attached hydrogens (tertiary/aromatic N) is 2. The predicted molar refractivity (Wildman–Crippen MR) is 110 cm³/mol. The molecule has 0 radical (unpaired) electrons. The first-order valence-electron chi connectivity index (χ1n) is 8.52. The van der Waals surface area contributed by atoms with Gasteiger partial charge in [-0.1, -0.05) is 44.2 Å². The fourth-order valence-electron chi connectivity index (χ4n) is 2.77. The molecule has 1 atom stereocenters. The average Bonchev–Trinajstić information content (AvgIpc) is 3.39. The number of nitrogens with one attached hydrogen (secondary N) is 2. The van der Waals surface area contributed by atoms with E-state index in [1.807, 2.05) is 7.05 Å². The number of guanidine groups is 1. The maximum Gasteiger partial charge on any atom is 0.191 e. The van der Waals surface area contributed by atoms with Crippen LogP contribution in [0.3, 0.4) is 0 Å². The van der Waals surface area contributed by atoms with Crippen molar-refractivity contribution in [2.24, 2.45) is 10.9 Å². The molecule has 1 unspecified atom stereocenters. The minimum Gasteiger partial charge on any atom is -0.356 e. The summed E-state index contributed by atoms with van der Waals surface area (Å²) in [6, 6.07) is 11.1. The van der Waals surface area contributed by atoms with Crippen LogP contribution >= 0.6 is 24.0 Å². The van der Waals surface area contributed by atoms with Crippen LogP contribution in [0.1, 0.15) is 38.3 Å². The molecule has 1 aromatic carbocycles. The lowest BCUT2D eigenvalue weighted by Gasteiger charge is -2.30. The largest absolute Gasteiger partial charge is 0.356 e. The Balaban J connectivity index is 0.00000264. The molecule has 0 saturated heterocycles. The first-order chi connectivity index (χ1) is 10.8. The number of aliphatic imine (C=N–C) groups is 1. The van der Waals surface area contributed by atoms with Crippen LogP contribution in [-0.2, 0) is 0 Å². The maximum atomic E-state index is 4.34. The van der Waals surface area contributed by atoms with Crippen molar-refractivity contribution in [2.75, 3.05) is 33.2 Å². The first kappa shape index (κ1) is 20.2. The highest BCUT2D eigenvalue weighted by Crippen LogP contribution is 2.27. The summed E-state index contributed by atoms with van der Waals surface area (Å²) in [5.74, 6) is 1.77. The Kier molecular flexibility index (Phi) is 9.55. The number of likely N-dealkylation sites (N-methyl/N-ethyl adjacent to an activating group) is 1. The highest BCUT2D eigenvalue weighted by molar-refractivity contribution is 14.0. The molecule has 5 heteroatoms. The van der Waals surface area contributed by atoms with E-state index in [4.69, 9.17) is 0 Å². The van der Waals surface area contributed by atoms with Crippen molar-refractivity contribution in [2.45, 2.75) is 32.7 Å². The monoisotopic (exact) mass is 430 g/mol. The van der Waals surface area contributed by atoms with Gasteiger partial charge in [-0.3, -0.25) is 9.89 Å². The number of hydrogen-bond donors (Lipinski definition) is 2. The Morgan fingerprint density at radius 1 is 1.17 bits per heavy atom. The van der Waals surface area contributed by atoms with Crippen LogP contribution < -0.4 is 10.6 Å². The zero-order valence-electron chi connectivity index (χ0n) is 14.6. The van der Waals surface area contributed by atoms with Crippen molar-refractivity contribution in [3.63, 3.8) is 0 Å². The lowest BCUT2D eigenvalue weighted by Crippen LogP contribution is -2.43. The van der Waals surface area contributed by atoms with Crippen molar-refractivity contribution in [3.05, 3.63) is 35.9 Å². The van der Waals surface area contributed by atoms with Crippen LogP contribution in [0.25, 0.3) is 0 Å². The van der Waals surface area contributed by atoms with E-state index in [1.165, 1.54) is 18.4 Å². The third kappa shape index (κ3) is 6.67. The topological polar surface area (TPSA) is 39.7 Å². The van der Waals surface area contributed by atoms with Crippen molar-refractivity contribution < 1.29 is 0 Å². The zero-order chi connectivity index (χ0) is 15.8. The summed E-state index contributed by atoms with van der Waals surface area (Å²) >= 11 is 0. The summed E-state index contributed by atoms with van der Waals surface area (Å²) in [5.41, 5.74) is 1.36. The van der Waals surface area contributed by atoms with E-state index in [2.05, 4.69) is 64.7 Å². The third-order valence-electron chi connectivity index (χ3n) is 4.38.